The number of likely N-dealkylation sites (tertiary alicyclic amines) is 1. The van der Waals surface area contributed by atoms with Crippen molar-refractivity contribution in [2.45, 2.75) is 38.6 Å². The van der Waals surface area contributed by atoms with E-state index in [1.165, 1.54) is 45.2 Å². The fourth-order valence-corrected chi connectivity index (χ4v) is 4.77. The predicted molar refractivity (Wildman–Crippen MR) is 93.6 cm³/mol. The molecule has 122 valence electrons. The Morgan fingerprint density at radius 3 is 2.91 bits per heavy atom. The molecule has 0 radical (unpaired) electrons. The van der Waals surface area contributed by atoms with Gasteiger partial charge >= 0.3 is 0 Å². The third-order valence-electron chi connectivity index (χ3n) is 5.59. The number of piperidine rings is 1. The maximum Gasteiger partial charge on any atom is 0.258 e. The van der Waals surface area contributed by atoms with Gasteiger partial charge in [0.25, 0.3) is 5.56 Å². The van der Waals surface area contributed by atoms with Gasteiger partial charge in [-0.05, 0) is 53.2 Å². The molecule has 0 aromatic carbocycles. The first-order valence-corrected chi connectivity index (χ1v) is 9.50. The van der Waals surface area contributed by atoms with Crippen molar-refractivity contribution in [3.05, 3.63) is 44.9 Å². The zero-order valence-corrected chi connectivity index (χ0v) is 14.9. The second kappa shape index (κ2) is 6.36. The summed E-state index contributed by atoms with van der Waals surface area (Å²) in [5, 5.41) is 0. The van der Waals surface area contributed by atoms with Crippen LogP contribution in [0.3, 0.4) is 0 Å². The van der Waals surface area contributed by atoms with Crippen LogP contribution in [-0.4, -0.2) is 22.5 Å². The normalized spacial score (nSPS) is 27.8. The van der Waals surface area contributed by atoms with Gasteiger partial charge in [0.2, 0.25) is 0 Å². The Balaban J connectivity index is 1.53. The van der Waals surface area contributed by atoms with E-state index in [-0.39, 0.29) is 5.56 Å². The van der Waals surface area contributed by atoms with Crippen LogP contribution in [0, 0.1) is 11.8 Å². The van der Waals surface area contributed by atoms with Gasteiger partial charge in [0.15, 0.2) is 0 Å². The highest BCUT2D eigenvalue weighted by Gasteiger charge is 2.33. The molecule has 3 heterocycles. The molecule has 1 saturated heterocycles. The summed E-state index contributed by atoms with van der Waals surface area (Å²) in [6, 6.07) is 5.54. The van der Waals surface area contributed by atoms with E-state index in [9.17, 15) is 4.79 Å². The third kappa shape index (κ3) is 3.22. The number of fused-ring (bicyclic) bond motifs is 2. The van der Waals surface area contributed by atoms with Crippen molar-refractivity contribution in [2.24, 2.45) is 11.8 Å². The molecule has 2 fully saturated rings. The number of quaternary nitrogens is 1. The highest BCUT2D eigenvalue weighted by molar-refractivity contribution is 9.10. The Hall–Kier alpha value is -1.20. The Labute approximate surface area is 144 Å². The lowest BCUT2D eigenvalue weighted by Gasteiger charge is -2.38. The fraction of sp³-hybridized carbons (Fsp3) is 0.556. The molecule has 23 heavy (non-hydrogen) atoms. The monoisotopic (exact) mass is 376 g/mol. The molecule has 4 nitrogen and oxygen atoms in total. The molecule has 1 saturated carbocycles. The Morgan fingerprint density at radius 1 is 1.22 bits per heavy atom. The Morgan fingerprint density at radius 2 is 2.04 bits per heavy atom. The van der Waals surface area contributed by atoms with Gasteiger partial charge in [-0.25, -0.2) is 4.98 Å². The maximum atomic E-state index is 12.3. The molecule has 5 heteroatoms. The van der Waals surface area contributed by atoms with Gasteiger partial charge in [-0.3, -0.25) is 9.20 Å². The van der Waals surface area contributed by atoms with Gasteiger partial charge in [-0.1, -0.05) is 12.8 Å². The number of aromatic nitrogens is 2. The highest BCUT2D eigenvalue weighted by atomic mass is 79.9. The minimum Gasteiger partial charge on any atom is -0.330 e. The SMILES string of the molecule is O=c1cc(C[NH+]2CC[C@@H]3CCCC[C@@H]3C2)nc2ccc(Br)cn12. The fourth-order valence-electron chi connectivity index (χ4n) is 4.43. The van der Waals surface area contributed by atoms with Gasteiger partial charge in [0.1, 0.15) is 17.9 Å². The van der Waals surface area contributed by atoms with Crippen LogP contribution in [0.2, 0.25) is 0 Å². The summed E-state index contributed by atoms with van der Waals surface area (Å²) >= 11 is 3.41. The van der Waals surface area contributed by atoms with Crippen LogP contribution in [-0.2, 0) is 6.54 Å². The summed E-state index contributed by atoms with van der Waals surface area (Å²) in [4.78, 5) is 18.6. The van der Waals surface area contributed by atoms with Crippen molar-refractivity contribution in [3.8, 4) is 0 Å². The zero-order chi connectivity index (χ0) is 15.8. The molecule has 1 N–H and O–H groups in total. The first-order valence-electron chi connectivity index (χ1n) is 8.70. The van der Waals surface area contributed by atoms with Gasteiger partial charge in [0.05, 0.1) is 13.1 Å². The molecule has 2 aromatic heterocycles. The minimum atomic E-state index is 0.0123. The lowest BCUT2D eigenvalue weighted by atomic mass is 9.75. The molecule has 2 aromatic rings. The van der Waals surface area contributed by atoms with Crippen molar-refractivity contribution in [1.29, 1.82) is 0 Å². The lowest BCUT2D eigenvalue weighted by molar-refractivity contribution is -0.924. The standard InChI is InChI=1S/C18H22BrN3O/c19-15-5-6-17-20-16(9-18(23)22(17)11-15)12-21-8-7-13-3-1-2-4-14(13)10-21/h5-6,9,11,13-14H,1-4,7-8,10,12H2/p+1/t13-,14+/m0/s1. The van der Waals surface area contributed by atoms with Crippen LogP contribution in [0.4, 0.5) is 0 Å². The molecule has 0 bridgehead atoms. The molecule has 1 unspecified atom stereocenters. The van der Waals surface area contributed by atoms with Crippen molar-refractivity contribution < 1.29 is 4.90 Å². The zero-order valence-electron chi connectivity index (χ0n) is 13.3. The molecule has 3 atom stereocenters. The molecule has 4 rings (SSSR count). The largest absolute Gasteiger partial charge is 0.330 e. The molecule has 2 aliphatic rings. The van der Waals surface area contributed by atoms with E-state index in [1.807, 2.05) is 12.1 Å². The number of hydrogen-bond acceptors (Lipinski definition) is 2. The van der Waals surface area contributed by atoms with Gasteiger partial charge in [-0.15, -0.1) is 0 Å². The van der Waals surface area contributed by atoms with Crippen LogP contribution >= 0.6 is 15.9 Å². The number of nitrogens with one attached hydrogen (secondary N) is 1. The topological polar surface area (TPSA) is 38.8 Å². The van der Waals surface area contributed by atoms with E-state index < -0.39 is 0 Å². The Kier molecular flexibility index (Phi) is 4.24. The quantitative estimate of drug-likeness (QED) is 0.870. The van der Waals surface area contributed by atoms with E-state index in [0.29, 0.717) is 0 Å². The highest BCUT2D eigenvalue weighted by Crippen LogP contribution is 2.32. The summed E-state index contributed by atoms with van der Waals surface area (Å²) in [6.07, 6.45) is 8.79. The van der Waals surface area contributed by atoms with Crippen molar-refractivity contribution >= 4 is 21.6 Å². The molecule has 1 aliphatic heterocycles. The average Bonchev–Trinajstić information content (AvgIpc) is 2.55. The summed E-state index contributed by atoms with van der Waals surface area (Å²) in [5.41, 5.74) is 1.68. The van der Waals surface area contributed by atoms with Crippen LogP contribution in [0.1, 0.15) is 37.8 Å². The summed E-state index contributed by atoms with van der Waals surface area (Å²) in [7, 11) is 0. The van der Waals surface area contributed by atoms with Crippen LogP contribution in [0.15, 0.2) is 33.7 Å². The van der Waals surface area contributed by atoms with Gasteiger partial charge < -0.3 is 4.90 Å². The number of nitrogens with zero attached hydrogens (tertiary/aromatic N) is 2. The second-order valence-electron chi connectivity index (χ2n) is 7.14. The molecular weight excluding hydrogens is 354 g/mol. The summed E-state index contributed by atoms with van der Waals surface area (Å²) in [6.45, 7) is 3.36. The van der Waals surface area contributed by atoms with Crippen LogP contribution < -0.4 is 10.5 Å². The lowest BCUT2D eigenvalue weighted by Crippen LogP contribution is -3.12. The second-order valence-corrected chi connectivity index (χ2v) is 8.05. The first-order chi connectivity index (χ1) is 11.2. The average molecular weight is 377 g/mol. The van der Waals surface area contributed by atoms with E-state index in [4.69, 9.17) is 4.98 Å². The minimum absolute atomic E-state index is 0.0123. The molecule has 1 aliphatic carbocycles. The smallest absolute Gasteiger partial charge is 0.258 e. The van der Waals surface area contributed by atoms with E-state index in [0.717, 1.165) is 34.2 Å². The van der Waals surface area contributed by atoms with Gasteiger partial charge in [0, 0.05) is 22.7 Å². The number of rotatable bonds is 2. The van der Waals surface area contributed by atoms with E-state index >= 15 is 0 Å². The number of halogens is 1. The van der Waals surface area contributed by atoms with Crippen molar-refractivity contribution in [2.75, 3.05) is 13.1 Å². The van der Waals surface area contributed by atoms with Gasteiger partial charge in [-0.2, -0.15) is 0 Å². The predicted octanol–water partition coefficient (Wildman–Crippen LogP) is 2.05. The first kappa shape index (κ1) is 15.3. The molecule has 0 spiro atoms. The summed E-state index contributed by atoms with van der Waals surface area (Å²) in [5.74, 6) is 1.85. The maximum absolute atomic E-state index is 12.3. The Bertz CT molecular complexity index is 772. The third-order valence-corrected chi connectivity index (χ3v) is 6.06. The van der Waals surface area contributed by atoms with Crippen molar-refractivity contribution in [3.63, 3.8) is 0 Å². The van der Waals surface area contributed by atoms with Crippen LogP contribution in [0.25, 0.3) is 5.65 Å². The van der Waals surface area contributed by atoms with E-state index in [2.05, 4.69) is 15.9 Å². The van der Waals surface area contributed by atoms with E-state index in [1.54, 1.807) is 21.6 Å². The summed E-state index contributed by atoms with van der Waals surface area (Å²) < 4.78 is 2.50. The van der Waals surface area contributed by atoms with Crippen molar-refractivity contribution in [1.82, 2.24) is 9.38 Å². The molecular formula is C18H23BrN3O+. The number of hydrogen-bond donors (Lipinski definition) is 1. The number of pyridine rings is 1. The van der Waals surface area contributed by atoms with Crippen LogP contribution in [0.5, 0.6) is 0 Å². The molecule has 0 amide bonds.